The highest BCUT2D eigenvalue weighted by Gasteiger charge is 2.19. The molecule has 5 nitrogen and oxygen atoms in total. The van der Waals surface area contributed by atoms with Gasteiger partial charge in [-0.15, -0.1) is 0 Å². The average molecular weight is 365 g/mol. The van der Waals surface area contributed by atoms with E-state index in [2.05, 4.69) is 26.9 Å². The molecule has 3 aromatic rings. The summed E-state index contributed by atoms with van der Waals surface area (Å²) >= 11 is 0. The number of nitrogens with zero attached hydrogens (tertiary/aromatic N) is 2. The van der Waals surface area contributed by atoms with Crippen molar-refractivity contribution in [2.75, 3.05) is 26.2 Å². The molecule has 1 N–H and O–H groups in total. The minimum atomic E-state index is -0.0352. The van der Waals surface area contributed by atoms with Crippen molar-refractivity contribution in [3.63, 3.8) is 0 Å². The number of amides is 1. The zero-order valence-electron chi connectivity index (χ0n) is 15.9. The van der Waals surface area contributed by atoms with Crippen molar-refractivity contribution in [3.8, 4) is 0 Å². The van der Waals surface area contributed by atoms with Gasteiger partial charge in [-0.3, -0.25) is 4.79 Å². The summed E-state index contributed by atoms with van der Waals surface area (Å²) in [5.41, 5.74) is 3.56. The van der Waals surface area contributed by atoms with E-state index in [0.29, 0.717) is 18.8 Å². The molecule has 0 saturated carbocycles. The van der Waals surface area contributed by atoms with Crippen molar-refractivity contribution >= 4 is 17.0 Å². The van der Waals surface area contributed by atoms with E-state index in [9.17, 15) is 4.79 Å². The summed E-state index contributed by atoms with van der Waals surface area (Å²) in [7, 11) is 0. The summed E-state index contributed by atoms with van der Waals surface area (Å²) in [6, 6.07) is 14.1. The van der Waals surface area contributed by atoms with Crippen molar-refractivity contribution in [3.05, 3.63) is 59.5 Å². The van der Waals surface area contributed by atoms with E-state index in [1.165, 1.54) is 19.3 Å². The number of furan rings is 1. The maximum absolute atomic E-state index is 12.9. The summed E-state index contributed by atoms with van der Waals surface area (Å²) in [6.07, 6.45) is 3.86. The lowest BCUT2D eigenvalue weighted by Gasteiger charge is -2.26. The van der Waals surface area contributed by atoms with Crippen LogP contribution in [0.5, 0.6) is 0 Å². The summed E-state index contributed by atoms with van der Waals surface area (Å²) in [5, 5.41) is 3.09. The normalized spacial score (nSPS) is 15.3. The second-order valence-electron chi connectivity index (χ2n) is 7.37. The molecule has 0 spiro atoms. The van der Waals surface area contributed by atoms with Crippen molar-refractivity contribution in [2.45, 2.75) is 32.7 Å². The maximum Gasteiger partial charge on any atom is 0.268 e. The Kier molecular flexibility index (Phi) is 5.30. The third kappa shape index (κ3) is 4.08. The van der Waals surface area contributed by atoms with Crippen LogP contribution in [0.4, 0.5) is 0 Å². The number of fused-ring (bicyclic) bond motifs is 1. The van der Waals surface area contributed by atoms with Gasteiger partial charge in [0.15, 0.2) is 5.58 Å². The van der Waals surface area contributed by atoms with Crippen LogP contribution in [0.15, 0.2) is 46.9 Å². The van der Waals surface area contributed by atoms with Crippen LogP contribution in [0.25, 0.3) is 11.1 Å². The van der Waals surface area contributed by atoms with E-state index >= 15 is 0 Å². The van der Waals surface area contributed by atoms with Crippen LogP contribution in [0.3, 0.4) is 0 Å². The van der Waals surface area contributed by atoms with E-state index in [-0.39, 0.29) is 5.91 Å². The van der Waals surface area contributed by atoms with Crippen LogP contribution in [0.1, 0.15) is 41.1 Å². The molecule has 2 aromatic heterocycles. The number of carbonyl (C=O) groups is 1. The molecule has 3 heterocycles. The Morgan fingerprint density at radius 1 is 1.11 bits per heavy atom. The Labute approximate surface area is 159 Å². The lowest BCUT2D eigenvalue weighted by atomic mass is 10.1. The zero-order chi connectivity index (χ0) is 18.6. The third-order valence-corrected chi connectivity index (χ3v) is 5.29. The van der Waals surface area contributed by atoms with Crippen molar-refractivity contribution in [2.24, 2.45) is 0 Å². The number of rotatable bonds is 6. The van der Waals surface area contributed by atoms with Gasteiger partial charge in [0.05, 0.1) is 5.52 Å². The highest BCUT2D eigenvalue weighted by atomic mass is 16.3. The molecule has 1 fully saturated rings. The van der Waals surface area contributed by atoms with Gasteiger partial charge >= 0.3 is 0 Å². The lowest BCUT2D eigenvalue weighted by Crippen LogP contribution is -2.38. The molecule has 27 heavy (non-hydrogen) atoms. The number of carbonyl (C=O) groups excluding carboxylic acids is 1. The second-order valence-corrected chi connectivity index (χ2v) is 7.37. The molecule has 142 valence electrons. The first-order valence-corrected chi connectivity index (χ1v) is 9.85. The van der Waals surface area contributed by atoms with Crippen molar-refractivity contribution < 1.29 is 9.21 Å². The smallest absolute Gasteiger partial charge is 0.268 e. The fraction of sp³-hybridized carbons (Fsp3) is 0.409. The largest absolute Gasteiger partial charge is 0.460 e. The summed E-state index contributed by atoms with van der Waals surface area (Å²) in [6.45, 7) is 6.47. The number of hydrogen-bond donors (Lipinski definition) is 1. The van der Waals surface area contributed by atoms with E-state index in [1.807, 2.05) is 37.3 Å². The Bertz CT molecular complexity index is 904. The molecule has 5 heteroatoms. The molecule has 1 saturated heterocycles. The number of likely N-dealkylation sites (tertiary alicyclic amines) is 1. The molecule has 1 amide bonds. The Morgan fingerprint density at radius 2 is 1.89 bits per heavy atom. The molecule has 0 bridgehead atoms. The number of piperidine rings is 1. The summed E-state index contributed by atoms with van der Waals surface area (Å²) in [5.74, 6) is 0.825. The number of aryl methyl sites for hydroxylation is 1. The molecule has 0 radical (unpaired) electrons. The first-order chi connectivity index (χ1) is 13.2. The quantitative estimate of drug-likeness (QED) is 0.723. The van der Waals surface area contributed by atoms with Crippen molar-refractivity contribution in [1.29, 1.82) is 0 Å². The fourth-order valence-corrected chi connectivity index (χ4v) is 3.89. The van der Waals surface area contributed by atoms with E-state index < -0.39 is 0 Å². The first-order valence-electron chi connectivity index (χ1n) is 9.85. The van der Waals surface area contributed by atoms with Crippen LogP contribution < -0.4 is 5.32 Å². The van der Waals surface area contributed by atoms with Gasteiger partial charge in [0.25, 0.3) is 5.91 Å². The van der Waals surface area contributed by atoms with Crippen LogP contribution in [0.2, 0.25) is 0 Å². The van der Waals surface area contributed by atoms with Gasteiger partial charge < -0.3 is 19.2 Å². The van der Waals surface area contributed by atoms with E-state index in [4.69, 9.17) is 4.42 Å². The fourth-order valence-electron chi connectivity index (χ4n) is 3.89. The topological polar surface area (TPSA) is 50.4 Å². The number of aromatic nitrogens is 1. The maximum atomic E-state index is 12.9. The second kappa shape index (κ2) is 8.01. The highest BCUT2D eigenvalue weighted by molar-refractivity contribution is 5.97. The van der Waals surface area contributed by atoms with Gasteiger partial charge in [0.1, 0.15) is 11.5 Å². The molecule has 0 aliphatic carbocycles. The Hall–Kier alpha value is -2.53. The van der Waals surface area contributed by atoms with E-state index in [1.54, 1.807) is 0 Å². The molecular weight excluding hydrogens is 338 g/mol. The van der Waals surface area contributed by atoms with Crippen LogP contribution in [-0.4, -0.2) is 41.6 Å². The summed E-state index contributed by atoms with van der Waals surface area (Å²) in [4.78, 5) is 15.3. The lowest BCUT2D eigenvalue weighted by molar-refractivity contribution is 0.0938. The molecule has 1 aromatic carbocycles. The Balaban J connectivity index is 1.50. The van der Waals surface area contributed by atoms with E-state index in [0.717, 1.165) is 42.1 Å². The van der Waals surface area contributed by atoms with Crippen LogP contribution >= 0.6 is 0 Å². The standard InChI is InChI=1S/C22H27N3O2/c1-17-14-19-21(27-17)15-20(25(19)16-18-8-4-2-5-9-18)22(26)23-10-13-24-11-6-3-7-12-24/h2,4-5,8-9,14-15H,3,6-7,10-13,16H2,1H3,(H,23,26). The van der Waals surface area contributed by atoms with Gasteiger partial charge in [-0.2, -0.15) is 0 Å². The summed E-state index contributed by atoms with van der Waals surface area (Å²) < 4.78 is 7.82. The number of hydrogen-bond acceptors (Lipinski definition) is 3. The monoisotopic (exact) mass is 365 g/mol. The molecule has 0 unspecified atom stereocenters. The number of benzene rings is 1. The van der Waals surface area contributed by atoms with Crippen LogP contribution in [0, 0.1) is 6.92 Å². The molecule has 0 atom stereocenters. The molecule has 1 aliphatic rings. The van der Waals surface area contributed by atoms with Gasteiger partial charge in [-0.1, -0.05) is 36.8 Å². The van der Waals surface area contributed by atoms with Gasteiger partial charge in [0.2, 0.25) is 0 Å². The molecule has 1 aliphatic heterocycles. The first kappa shape index (κ1) is 17.9. The zero-order valence-corrected chi connectivity index (χ0v) is 15.9. The molecular formula is C22H27N3O2. The minimum Gasteiger partial charge on any atom is -0.460 e. The third-order valence-electron chi connectivity index (χ3n) is 5.29. The Morgan fingerprint density at radius 3 is 2.67 bits per heavy atom. The van der Waals surface area contributed by atoms with Gasteiger partial charge in [0, 0.05) is 31.8 Å². The predicted octanol–water partition coefficient (Wildman–Crippen LogP) is 3.81. The predicted molar refractivity (Wildman–Crippen MR) is 107 cm³/mol. The van der Waals surface area contributed by atoms with Crippen LogP contribution in [-0.2, 0) is 6.54 Å². The highest BCUT2D eigenvalue weighted by Crippen LogP contribution is 2.25. The SMILES string of the molecule is Cc1cc2c(cc(C(=O)NCCN3CCCCC3)n2Cc2ccccc2)o1. The van der Waals surface area contributed by atoms with Crippen molar-refractivity contribution in [1.82, 2.24) is 14.8 Å². The molecule has 4 rings (SSSR count). The van der Waals surface area contributed by atoms with Gasteiger partial charge in [-0.25, -0.2) is 0 Å². The minimum absolute atomic E-state index is 0.0352. The van der Waals surface area contributed by atoms with Gasteiger partial charge in [-0.05, 0) is 38.4 Å². The average Bonchev–Trinajstić information content (AvgIpc) is 3.20. The number of nitrogens with one attached hydrogen (secondary N) is 1.